The molecule has 0 unspecified atom stereocenters. The maximum atomic E-state index is 2.28. The van der Waals surface area contributed by atoms with Gasteiger partial charge in [0.15, 0.2) is 0 Å². The molecule has 0 atom stereocenters. The third-order valence-electron chi connectivity index (χ3n) is 4.38. The van der Waals surface area contributed by atoms with E-state index >= 15 is 0 Å². The van der Waals surface area contributed by atoms with E-state index in [-0.39, 0.29) is 0 Å². The molecule has 0 fully saturated rings. The van der Waals surface area contributed by atoms with Crippen molar-refractivity contribution >= 4 is 23.1 Å². The Kier molecular flexibility index (Phi) is 4.43. The Morgan fingerprint density at radius 1 is 0.682 bits per heavy atom. The first-order chi connectivity index (χ1) is 10.8. The molecule has 0 spiro atoms. The van der Waals surface area contributed by atoms with Gasteiger partial charge in [0.1, 0.15) is 0 Å². The molecule has 3 aromatic rings. The molecule has 3 aromatic carbocycles. The smallest absolute Gasteiger partial charge is 0.0686 e. The Bertz CT molecular complexity index is 747. The second kappa shape index (κ2) is 6.66. The zero-order valence-corrected chi connectivity index (χ0v) is 13.3. The molecule has 108 valence electrons. The van der Waals surface area contributed by atoms with E-state index in [1.807, 2.05) is 0 Å². The maximum absolute atomic E-state index is 2.28. The van der Waals surface area contributed by atoms with Gasteiger partial charge in [-0.05, 0) is 13.3 Å². The molecule has 0 N–H and O–H groups in total. The number of hydrogen-bond acceptors (Lipinski definition) is 0. The van der Waals surface area contributed by atoms with Gasteiger partial charge in [-0.2, -0.15) is 0 Å². The fraction of sp³-hybridized carbons (Fsp3) is 0.143. The largest absolute Gasteiger partial charge is 0.241 e. The molecule has 0 aliphatic rings. The molecule has 1 heteroatoms. The van der Waals surface area contributed by atoms with Crippen LogP contribution in [0.5, 0.6) is 0 Å². The average Bonchev–Trinajstić information content (AvgIpc) is 2.58. The molecule has 0 nitrogen and oxygen atoms in total. The van der Waals surface area contributed by atoms with Crippen LogP contribution in [-0.4, -0.2) is 6.71 Å². The molecule has 0 saturated carbocycles. The summed E-state index contributed by atoms with van der Waals surface area (Å²) in [5, 5.41) is 0. The minimum atomic E-state index is 0.304. The first-order valence-corrected chi connectivity index (χ1v) is 7.99. The highest BCUT2D eigenvalue weighted by Crippen LogP contribution is 2.04. The molecule has 3 rings (SSSR count). The third kappa shape index (κ3) is 2.85. The number of hydrogen-bond donors (Lipinski definition) is 0. The molecule has 0 radical (unpaired) electrons. The molecule has 0 aliphatic carbocycles. The summed E-state index contributed by atoms with van der Waals surface area (Å²) in [5.74, 6) is 0. The van der Waals surface area contributed by atoms with Crippen LogP contribution in [0.4, 0.5) is 0 Å². The number of rotatable bonds is 4. The van der Waals surface area contributed by atoms with Gasteiger partial charge < -0.3 is 0 Å². The molecular formula is C21H21B. The fourth-order valence-electron chi connectivity index (χ4n) is 3.22. The van der Waals surface area contributed by atoms with Crippen molar-refractivity contribution in [1.29, 1.82) is 0 Å². The summed E-state index contributed by atoms with van der Waals surface area (Å²) in [5.41, 5.74) is 6.96. The Hall–Kier alpha value is -2.28. The van der Waals surface area contributed by atoms with Crippen molar-refractivity contribution in [2.75, 3.05) is 0 Å². The highest BCUT2D eigenvalue weighted by atomic mass is 14.0. The van der Waals surface area contributed by atoms with Crippen LogP contribution in [0.1, 0.15) is 18.1 Å². The Morgan fingerprint density at radius 2 is 1.27 bits per heavy atom. The van der Waals surface area contributed by atoms with E-state index < -0.39 is 0 Å². The van der Waals surface area contributed by atoms with Gasteiger partial charge in [0.2, 0.25) is 6.71 Å². The van der Waals surface area contributed by atoms with Gasteiger partial charge in [0.05, 0.1) is 0 Å². The van der Waals surface area contributed by atoms with E-state index in [4.69, 9.17) is 0 Å². The Labute approximate surface area is 133 Å². The zero-order valence-electron chi connectivity index (χ0n) is 13.3. The van der Waals surface area contributed by atoms with Crippen LogP contribution in [0, 0.1) is 6.92 Å². The quantitative estimate of drug-likeness (QED) is 0.646. The van der Waals surface area contributed by atoms with E-state index in [0.717, 1.165) is 6.42 Å². The standard InChI is InChI=1S/C21H21B/c1-3-18-12-8-10-16-21(18)22(19-13-5-4-6-14-19)20-15-9-7-11-17(20)2/h4-16H,3H2,1-2H3. The van der Waals surface area contributed by atoms with E-state index in [0.29, 0.717) is 6.71 Å². The molecule has 0 amide bonds. The van der Waals surface area contributed by atoms with Crippen molar-refractivity contribution < 1.29 is 0 Å². The second-order valence-corrected chi connectivity index (χ2v) is 5.75. The van der Waals surface area contributed by atoms with Crippen molar-refractivity contribution in [3.05, 3.63) is 90.0 Å². The van der Waals surface area contributed by atoms with Gasteiger partial charge in [-0.15, -0.1) is 0 Å². The summed E-state index contributed by atoms with van der Waals surface area (Å²) in [4.78, 5) is 0. The van der Waals surface area contributed by atoms with Crippen LogP contribution >= 0.6 is 0 Å². The van der Waals surface area contributed by atoms with Crippen molar-refractivity contribution in [2.24, 2.45) is 0 Å². The molecule has 0 bridgehead atoms. The predicted octanol–water partition coefficient (Wildman–Crippen LogP) is 3.07. The van der Waals surface area contributed by atoms with Gasteiger partial charge in [-0.3, -0.25) is 0 Å². The van der Waals surface area contributed by atoms with E-state index in [2.05, 4.69) is 92.7 Å². The highest BCUT2D eigenvalue weighted by Gasteiger charge is 2.24. The molecule has 0 aromatic heterocycles. The topological polar surface area (TPSA) is 0 Å². The van der Waals surface area contributed by atoms with Crippen molar-refractivity contribution in [2.45, 2.75) is 20.3 Å². The van der Waals surface area contributed by atoms with Crippen LogP contribution < -0.4 is 16.4 Å². The Balaban J connectivity index is 2.22. The fourth-order valence-corrected chi connectivity index (χ4v) is 3.22. The average molecular weight is 284 g/mol. The minimum absolute atomic E-state index is 0.304. The minimum Gasteiger partial charge on any atom is -0.0686 e. The molecule has 22 heavy (non-hydrogen) atoms. The lowest BCUT2D eigenvalue weighted by atomic mass is 9.35. The first-order valence-electron chi connectivity index (χ1n) is 7.99. The van der Waals surface area contributed by atoms with Gasteiger partial charge in [0, 0.05) is 0 Å². The summed E-state index contributed by atoms with van der Waals surface area (Å²) in [6.45, 7) is 4.75. The predicted molar refractivity (Wildman–Crippen MR) is 98.1 cm³/mol. The molecular weight excluding hydrogens is 263 g/mol. The van der Waals surface area contributed by atoms with E-state index in [9.17, 15) is 0 Å². The number of benzene rings is 3. The zero-order chi connectivity index (χ0) is 15.4. The van der Waals surface area contributed by atoms with Crippen molar-refractivity contribution in [3.8, 4) is 0 Å². The summed E-state index contributed by atoms with van der Waals surface area (Å²) in [7, 11) is 0. The van der Waals surface area contributed by atoms with Crippen LogP contribution in [0.15, 0.2) is 78.9 Å². The summed E-state index contributed by atoms with van der Waals surface area (Å²) >= 11 is 0. The van der Waals surface area contributed by atoms with Crippen LogP contribution in [-0.2, 0) is 6.42 Å². The summed E-state index contributed by atoms with van der Waals surface area (Å²) in [6, 6.07) is 28.4. The molecule has 0 heterocycles. The van der Waals surface area contributed by atoms with Crippen LogP contribution in [0.3, 0.4) is 0 Å². The highest BCUT2D eigenvalue weighted by molar-refractivity contribution is 6.96. The van der Waals surface area contributed by atoms with E-state index in [1.165, 1.54) is 27.5 Å². The number of aryl methyl sites for hydroxylation is 2. The summed E-state index contributed by atoms with van der Waals surface area (Å²) < 4.78 is 0. The lowest BCUT2D eigenvalue weighted by Crippen LogP contribution is -2.54. The third-order valence-corrected chi connectivity index (χ3v) is 4.38. The SMILES string of the molecule is CCc1ccccc1B(c1ccccc1)c1ccccc1C. The maximum Gasteiger partial charge on any atom is 0.241 e. The molecule has 0 saturated heterocycles. The van der Waals surface area contributed by atoms with Crippen LogP contribution in [0.2, 0.25) is 0 Å². The normalized spacial score (nSPS) is 10.5. The lowest BCUT2D eigenvalue weighted by molar-refractivity contribution is 1.15. The monoisotopic (exact) mass is 284 g/mol. The van der Waals surface area contributed by atoms with Crippen molar-refractivity contribution in [3.63, 3.8) is 0 Å². The second-order valence-electron chi connectivity index (χ2n) is 5.75. The lowest BCUT2D eigenvalue weighted by Gasteiger charge is -2.20. The summed E-state index contributed by atoms with van der Waals surface area (Å²) in [6.07, 6.45) is 1.06. The van der Waals surface area contributed by atoms with Gasteiger partial charge in [0.25, 0.3) is 0 Å². The Morgan fingerprint density at radius 3 is 1.95 bits per heavy atom. The first kappa shape index (κ1) is 14.7. The van der Waals surface area contributed by atoms with Crippen LogP contribution in [0.25, 0.3) is 0 Å². The van der Waals surface area contributed by atoms with E-state index in [1.54, 1.807) is 0 Å². The molecule has 0 aliphatic heterocycles. The van der Waals surface area contributed by atoms with Gasteiger partial charge in [-0.1, -0.05) is 113 Å². The van der Waals surface area contributed by atoms with Gasteiger partial charge in [-0.25, -0.2) is 0 Å². The van der Waals surface area contributed by atoms with Gasteiger partial charge >= 0.3 is 0 Å². The van der Waals surface area contributed by atoms with Crippen molar-refractivity contribution in [1.82, 2.24) is 0 Å².